The van der Waals surface area contributed by atoms with Crippen LogP contribution in [0.1, 0.15) is 52.4 Å². The van der Waals surface area contributed by atoms with E-state index >= 15 is 0 Å². The number of nitrogens with zero attached hydrogens (tertiary/aromatic N) is 1. The molecule has 0 aromatic heterocycles. The van der Waals surface area contributed by atoms with Crippen LogP contribution in [0.3, 0.4) is 0 Å². The third-order valence-corrected chi connectivity index (χ3v) is 3.34. The van der Waals surface area contributed by atoms with Crippen molar-refractivity contribution in [1.82, 2.24) is 5.32 Å². The van der Waals surface area contributed by atoms with Crippen molar-refractivity contribution in [3.63, 3.8) is 0 Å². The van der Waals surface area contributed by atoms with Gasteiger partial charge >= 0.3 is 0 Å². The molecule has 1 aliphatic carbocycles. The van der Waals surface area contributed by atoms with E-state index in [9.17, 15) is 10.1 Å². The molecule has 84 valence electrons. The van der Waals surface area contributed by atoms with Crippen molar-refractivity contribution in [1.29, 1.82) is 5.26 Å². The number of carbonyl (C=O) groups excluding carboxylic acids is 1. The largest absolute Gasteiger partial charge is 0.338 e. The molecular weight excluding hydrogens is 188 g/mol. The van der Waals surface area contributed by atoms with Gasteiger partial charge in [-0.05, 0) is 19.3 Å². The quantitative estimate of drug-likeness (QED) is 0.774. The van der Waals surface area contributed by atoms with Gasteiger partial charge < -0.3 is 5.32 Å². The Kier molecular flexibility index (Phi) is 4.14. The van der Waals surface area contributed by atoms with Crippen LogP contribution in [-0.4, -0.2) is 11.4 Å². The molecule has 1 rings (SSSR count). The van der Waals surface area contributed by atoms with Crippen LogP contribution < -0.4 is 5.32 Å². The first-order chi connectivity index (χ1) is 7.13. The molecular formula is C12H20N2O. The lowest BCUT2D eigenvalue weighted by atomic mass is 9.82. The van der Waals surface area contributed by atoms with Crippen LogP contribution in [-0.2, 0) is 4.79 Å². The molecule has 0 aliphatic heterocycles. The summed E-state index contributed by atoms with van der Waals surface area (Å²) in [6.07, 6.45) is 5.73. The molecule has 0 radical (unpaired) electrons. The van der Waals surface area contributed by atoms with Crippen molar-refractivity contribution in [2.75, 3.05) is 0 Å². The topological polar surface area (TPSA) is 52.9 Å². The summed E-state index contributed by atoms with van der Waals surface area (Å²) in [5, 5.41) is 12.1. The molecule has 1 unspecified atom stereocenters. The minimum atomic E-state index is -0.571. The van der Waals surface area contributed by atoms with Crippen molar-refractivity contribution < 1.29 is 4.79 Å². The number of carbonyl (C=O) groups is 1. The molecule has 0 bridgehead atoms. The minimum Gasteiger partial charge on any atom is -0.338 e. The van der Waals surface area contributed by atoms with Crippen LogP contribution in [0.2, 0.25) is 0 Å². The Morgan fingerprint density at radius 1 is 1.47 bits per heavy atom. The number of amides is 1. The fraction of sp³-hybridized carbons (Fsp3) is 0.833. The van der Waals surface area contributed by atoms with E-state index in [0.29, 0.717) is 0 Å². The van der Waals surface area contributed by atoms with Crippen molar-refractivity contribution in [2.45, 2.75) is 57.9 Å². The Morgan fingerprint density at radius 3 is 2.53 bits per heavy atom. The van der Waals surface area contributed by atoms with Gasteiger partial charge in [0.1, 0.15) is 5.54 Å². The van der Waals surface area contributed by atoms with E-state index in [4.69, 9.17) is 0 Å². The smallest absolute Gasteiger partial charge is 0.224 e. The van der Waals surface area contributed by atoms with Crippen molar-refractivity contribution in [2.24, 2.45) is 5.92 Å². The lowest BCUT2D eigenvalue weighted by molar-refractivity contribution is -0.126. The van der Waals surface area contributed by atoms with Crippen molar-refractivity contribution in [3.8, 4) is 6.07 Å². The van der Waals surface area contributed by atoms with E-state index in [1.54, 1.807) is 0 Å². The lowest BCUT2D eigenvalue weighted by Crippen LogP contribution is -2.50. The van der Waals surface area contributed by atoms with Gasteiger partial charge in [-0.25, -0.2) is 0 Å². The van der Waals surface area contributed by atoms with E-state index < -0.39 is 5.54 Å². The molecule has 1 N–H and O–H groups in total. The number of hydrogen-bond acceptors (Lipinski definition) is 2. The number of hydrogen-bond donors (Lipinski definition) is 1. The first-order valence-electron chi connectivity index (χ1n) is 5.87. The predicted octanol–water partition coefficient (Wildman–Crippen LogP) is 2.38. The molecule has 3 heteroatoms. The van der Waals surface area contributed by atoms with Gasteiger partial charge in [-0.2, -0.15) is 5.26 Å². The zero-order valence-electron chi connectivity index (χ0n) is 9.68. The van der Waals surface area contributed by atoms with E-state index in [2.05, 4.69) is 11.4 Å². The van der Waals surface area contributed by atoms with Gasteiger partial charge in [-0.15, -0.1) is 0 Å². The van der Waals surface area contributed by atoms with Crippen LogP contribution in [0.4, 0.5) is 0 Å². The summed E-state index contributed by atoms with van der Waals surface area (Å²) < 4.78 is 0. The lowest BCUT2D eigenvalue weighted by Gasteiger charge is -2.32. The van der Waals surface area contributed by atoms with Gasteiger partial charge in [0.15, 0.2) is 0 Å². The highest BCUT2D eigenvalue weighted by Crippen LogP contribution is 2.27. The monoisotopic (exact) mass is 208 g/mol. The fourth-order valence-electron chi connectivity index (χ4n) is 1.96. The SMILES string of the molecule is CCC(C)C(=O)NC1(C#N)CCCCC1. The zero-order valence-corrected chi connectivity index (χ0v) is 9.68. The molecule has 0 saturated heterocycles. The summed E-state index contributed by atoms with van der Waals surface area (Å²) in [6, 6.07) is 2.30. The van der Waals surface area contributed by atoms with Crippen LogP contribution in [0, 0.1) is 17.2 Å². The Hall–Kier alpha value is -1.04. The summed E-state index contributed by atoms with van der Waals surface area (Å²) in [4.78, 5) is 11.7. The van der Waals surface area contributed by atoms with Crippen molar-refractivity contribution in [3.05, 3.63) is 0 Å². The van der Waals surface area contributed by atoms with Crippen LogP contribution in [0.15, 0.2) is 0 Å². The van der Waals surface area contributed by atoms with Crippen LogP contribution in [0.5, 0.6) is 0 Å². The molecule has 1 fully saturated rings. The first kappa shape index (κ1) is 12.0. The van der Waals surface area contributed by atoms with Crippen LogP contribution in [0.25, 0.3) is 0 Å². The normalized spacial score (nSPS) is 21.4. The van der Waals surface area contributed by atoms with Gasteiger partial charge in [-0.3, -0.25) is 4.79 Å². The standard InChI is InChI=1S/C12H20N2O/c1-3-10(2)11(15)14-12(9-13)7-5-4-6-8-12/h10H,3-8H2,1-2H3,(H,14,15). The van der Waals surface area contributed by atoms with Crippen LogP contribution >= 0.6 is 0 Å². The number of rotatable bonds is 3. The van der Waals surface area contributed by atoms with E-state index in [0.717, 1.165) is 32.1 Å². The fourth-order valence-corrected chi connectivity index (χ4v) is 1.96. The van der Waals surface area contributed by atoms with E-state index in [1.807, 2.05) is 13.8 Å². The van der Waals surface area contributed by atoms with Gasteiger partial charge in [-0.1, -0.05) is 33.1 Å². The second-order valence-corrected chi connectivity index (χ2v) is 4.55. The number of nitrogens with one attached hydrogen (secondary N) is 1. The van der Waals surface area contributed by atoms with Crippen molar-refractivity contribution >= 4 is 5.91 Å². The van der Waals surface area contributed by atoms with Gasteiger partial charge in [0.25, 0.3) is 0 Å². The highest BCUT2D eigenvalue weighted by molar-refractivity contribution is 5.79. The molecule has 1 saturated carbocycles. The Labute approximate surface area is 91.9 Å². The third-order valence-electron chi connectivity index (χ3n) is 3.34. The Balaban J connectivity index is 2.60. The maximum absolute atomic E-state index is 11.7. The molecule has 0 heterocycles. The third kappa shape index (κ3) is 2.95. The van der Waals surface area contributed by atoms with E-state index in [1.165, 1.54) is 6.42 Å². The Morgan fingerprint density at radius 2 is 2.07 bits per heavy atom. The second-order valence-electron chi connectivity index (χ2n) is 4.55. The summed E-state index contributed by atoms with van der Waals surface area (Å²) in [5.74, 6) is 0.0399. The van der Waals surface area contributed by atoms with Gasteiger partial charge in [0, 0.05) is 5.92 Å². The highest BCUT2D eigenvalue weighted by atomic mass is 16.2. The maximum Gasteiger partial charge on any atom is 0.224 e. The molecule has 1 aliphatic rings. The summed E-state index contributed by atoms with van der Waals surface area (Å²) >= 11 is 0. The molecule has 1 atom stereocenters. The molecule has 0 aromatic carbocycles. The zero-order chi connectivity index (χ0) is 11.3. The minimum absolute atomic E-state index is 0.0113. The van der Waals surface area contributed by atoms with Gasteiger partial charge in [0.2, 0.25) is 5.91 Å². The summed E-state index contributed by atoms with van der Waals surface area (Å²) in [6.45, 7) is 3.90. The average Bonchev–Trinajstić information content (AvgIpc) is 2.29. The molecule has 1 amide bonds. The molecule has 3 nitrogen and oxygen atoms in total. The maximum atomic E-state index is 11.7. The van der Waals surface area contributed by atoms with E-state index in [-0.39, 0.29) is 11.8 Å². The summed E-state index contributed by atoms with van der Waals surface area (Å²) in [5.41, 5.74) is -0.571. The van der Waals surface area contributed by atoms with Gasteiger partial charge in [0.05, 0.1) is 6.07 Å². The predicted molar refractivity (Wildman–Crippen MR) is 59.0 cm³/mol. The molecule has 0 spiro atoms. The highest BCUT2D eigenvalue weighted by Gasteiger charge is 2.34. The average molecular weight is 208 g/mol. The summed E-state index contributed by atoms with van der Waals surface area (Å²) in [7, 11) is 0. The Bertz CT molecular complexity index is 261. The number of nitriles is 1. The molecule has 15 heavy (non-hydrogen) atoms. The first-order valence-corrected chi connectivity index (χ1v) is 5.87. The second kappa shape index (κ2) is 5.16. The molecule has 0 aromatic rings.